The summed E-state index contributed by atoms with van der Waals surface area (Å²) in [6.45, 7) is 3.13. The van der Waals surface area contributed by atoms with Gasteiger partial charge in [-0.2, -0.15) is 5.10 Å². The van der Waals surface area contributed by atoms with Gasteiger partial charge in [-0.15, -0.1) is 0 Å². The van der Waals surface area contributed by atoms with Crippen LogP contribution >= 0.6 is 11.6 Å². The molecule has 0 spiro atoms. The van der Waals surface area contributed by atoms with Gasteiger partial charge in [-0.1, -0.05) is 61.7 Å². The maximum absolute atomic E-state index is 13.4. The molecule has 0 fully saturated rings. The number of carbonyl (C=O) groups is 1. The van der Waals surface area contributed by atoms with Crippen molar-refractivity contribution in [1.82, 2.24) is 14.7 Å². The average molecular weight is 451 g/mol. The lowest BCUT2D eigenvalue weighted by atomic mass is 10.0. The number of benzene rings is 2. The van der Waals surface area contributed by atoms with Crippen LogP contribution in [0, 0.1) is 5.41 Å². The van der Waals surface area contributed by atoms with Crippen LogP contribution in [0.5, 0.6) is 0 Å². The van der Waals surface area contributed by atoms with E-state index in [1.807, 2.05) is 46.0 Å². The van der Waals surface area contributed by atoms with E-state index >= 15 is 0 Å². The Kier molecular flexibility index (Phi) is 6.72. The molecular weight excluding hydrogens is 424 g/mol. The minimum atomic E-state index is -0.150. The van der Waals surface area contributed by atoms with E-state index in [0.717, 1.165) is 36.0 Å². The molecule has 32 heavy (non-hydrogen) atoms. The van der Waals surface area contributed by atoms with Gasteiger partial charge < -0.3 is 15.4 Å². The van der Waals surface area contributed by atoms with Gasteiger partial charge in [0.2, 0.25) is 0 Å². The molecule has 1 amide bonds. The van der Waals surface area contributed by atoms with Crippen LogP contribution in [-0.4, -0.2) is 38.5 Å². The van der Waals surface area contributed by atoms with E-state index < -0.39 is 0 Å². The first-order valence-corrected chi connectivity index (χ1v) is 11.3. The van der Waals surface area contributed by atoms with E-state index in [9.17, 15) is 9.90 Å². The van der Waals surface area contributed by atoms with Gasteiger partial charge in [-0.25, -0.2) is 0 Å². The Bertz CT molecular complexity index is 1120. The number of carbonyl (C=O) groups excluding carboxylic acids is 1. The highest BCUT2D eigenvalue weighted by atomic mass is 35.5. The predicted octanol–water partition coefficient (Wildman–Crippen LogP) is 5.08. The second kappa shape index (κ2) is 9.67. The largest absolute Gasteiger partial charge is 0.392 e. The Balaban J connectivity index is 1.68. The number of hydrogen-bond donors (Lipinski definition) is 2. The first kappa shape index (κ1) is 22.2. The molecule has 3 aromatic rings. The normalized spacial score (nSPS) is 15.7. The molecule has 2 N–H and O–H groups in total. The maximum atomic E-state index is 13.4. The van der Waals surface area contributed by atoms with Crippen molar-refractivity contribution in [2.24, 2.45) is 0 Å². The van der Waals surface area contributed by atoms with Crippen LogP contribution in [0.25, 0.3) is 11.3 Å². The molecule has 1 atom stereocenters. The monoisotopic (exact) mass is 450 g/mol. The van der Waals surface area contributed by atoms with Crippen LogP contribution < -0.4 is 0 Å². The Morgan fingerprint density at radius 1 is 1.22 bits per heavy atom. The third-order valence-corrected chi connectivity index (χ3v) is 6.18. The fourth-order valence-electron chi connectivity index (χ4n) is 4.21. The number of nitrogens with one attached hydrogen (secondary N) is 1. The molecule has 7 heteroatoms. The zero-order chi connectivity index (χ0) is 22.7. The minimum absolute atomic E-state index is 0.0489. The molecule has 0 saturated heterocycles. The smallest absolute Gasteiger partial charge is 0.272 e. The van der Waals surface area contributed by atoms with Crippen LogP contribution in [0.2, 0.25) is 5.02 Å². The molecule has 0 bridgehead atoms. The predicted molar refractivity (Wildman–Crippen MR) is 126 cm³/mol. The molecule has 2 heterocycles. The molecular formula is C25H27ClN4O2. The fourth-order valence-corrected chi connectivity index (χ4v) is 4.41. The van der Waals surface area contributed by atoms with E-state index in [1.165, 1.54) is 6.21 Å². The van der Waals surface area contributed by atoms with Crippen molar-refractivity contribution >= 4 is 23.7 Å². The van der Waals surface area contributed by atoms with E-state index in [-0.39, 0.29) is 18.6 Å². The van der Waals surface area contributed by atoms with Gasteiger partial charge in [0.1, 0.15) is 5.69 Å². The van der Waals surface area contributed by atoms with Crippen molar-refractivity contribution in [2.45, 2.75) is 45.4 Å². The molecule has 1 unspecified atom stereocenters. The molecule has 4 rings (SSSR count). The average Bonchev–Trinajstić information content (AvgIpc) is 3.26. The SMILES string of the molecule is CCCCC1CN(Cc2ccc(C=N)cc2)C(=O)c2cc(-c3ccc(Cl)cc3CO)nn21. The van der Waals surface area contributed by atoms with Crippen LogP contribution in [0.4, 0.5) is 0 Å². The number of nitrogens with zero attached hydrogens (tertiary/aromatic N) is 3. The zero-order valence-electron chi connectivity index (χ0n) is 18.1. The summed E-state index contributed by atoms with van der Waals surface area (Å²) in [5.41, 5.74) is 4.59. The summed E-state index contributed by atoms with van der Waals surface area (Å²) in [5.74, 6) is -0.0489. The minimum Gasteiger partial charge on any atom is -0.392 e. The van der Waals surface area contributed by atoms with Crippen molar-refractivity contribution in [1.29, 1.82) is 5.41 Å². The Morgan fingerprint density at radius 2 is 2.00 bits per heavy atom. The molecule has 6 nitrogen and oxygen atoms in total. The van der Waals surface area contributed by atoms with E-state index in [2.05, 4.69) is 6.92 Å². The van der Waals surface area contributed by atoms with Crippen molar-refractivity contribution in [3.63, 3.8) is 0 Å². The highest BCUT2D eigenvalue weighted by Crippen LogP contribution is 2.32. The Labute approximate surface area is 193 Å². The van der Waals surface area contributed by atoms with Crippen LogP contribution in [0.1, 0.15) is 59.4 Å². The molecule has 0 aliphatic carbocycles. The lowest BCUT2D eigenvalue weighted by molar-refractivity contribution is 0.0635. The standard InChI is InChI=1S/C25H27ClN4O2/c1-2-3-4-21-15-29(14-18-7-5-17(13-27)6-8-18)25(32)24-12-23(28-30(21)24)22-10-9-20(26)11-19(22)16-31/h5-13,21,27,31H,2-4,14-16H2,1H3. The quantitative estimate of drug-likeness (QED) is 0.469. The Morgan fingerprint density at radius 3 is 2.69 bits per heavy atom. The number of unbranched alkanes of at least 4 members (excludes halogenated alkanes) is 1. The van der Waals surface area contributed by atoms with Crippen LogP contribution in [0.3, 0.4) is 0 Å². The number of aliphatic hydroxyl groups excluding tert-OH is 1. The second-order valence-corrected chi connectivity index (χ2v) is 8.62. The van der Waals surface area contributed by atoms with E-state index in [4.69, 9.17) is 22.1 Å². The van der Waals surface area contributed by atoms with Crippen LogP contribution in [-0.2, 0) is 13.2 Å². The van der Waals surface area contributed by atoms with Gasteiger partial charge in [0, 0.05) is 29.9 Å². The number of aromatic nitrogens is 2. The molecule has 0 radical (unpaired) electrons. The van der Waals surface area contributed by atoms with Gasteiger partial charge in [-0.3, -0.25) is 9.48 Å². The maximum Gasteiger partial charge on any atom is 0.272 e. The second-order valence-electron chi connectivity index (χ2n) is 8.19. The van der Waals surface area contributed by atoms with Crippen molar-refractivity contribution in [3.8, 4) is 11.3 Å². The van der Waals surface area contributed by atoms with Gasteiger partial charge in [-0.05, 0) is 41.3 Å². The topological polar surface area (TPSA) is 82.2 Å². The van der Waals surface area contributed by atoms with Crippen molar-refractivity contribution < 1.29 is 9.90 Å². The highest BCUT2D eigenvalue weighted by molar-refractivity contribution is 6.30. The van der Waals surface area contributed by atoms with Gasteiger partial charge in [0.25, 0.3) is 5.91 Å². The molecule has 1 aromatic heterocycles. The van der Waals surface area contributed by atoms with Gasteiger partial charge in [0.15, 0.2) is 0 Å². The number of aliphatic hydroxyl groups is 1. The van der Waals surface area contributed by atoms with Gasteiger partial charge >= 0.3 is 0 Å². The summed E-state index contributed by atoms with van der Waals surface area (Å²) in [6, 6.07) is 15.0. The fraction of sp³-hybridized carbons (Fsp3) is 0.320. The number of amides is 1. The summed E-state index contributed by atoms with van der Waals surface area (Å²) >= 11 is 6.09. The first-order valence-electron chi connectivity index (χ1n) is 10.9. The van der Waals surface area contributed by atoms with Crippen molar-refractivity contribution in [3.05, 3.63) is 75.9 Å². The zero-order valence-corrected chi connectivity index (χ0v) is 18.8. The molecule has 166 valence electrons. The van der Waals surface area contributed by atoms with E-state index in [1.54, 1.807) is 12.1 Å². The third-order valence-electron chi connectivity index (χ3n) is 5.94. The summed E-state index contributed by atoms with van der Waals surface area (Å²) in [4.78, 5) is 15.3. The number of hydrogen-bond acceptors (Lipinski definition) is 4. The van der Waals surface area contributed by atoms with Gasteiger partial charge in [0.05, 0.1) is 18.3 Å². The summed E-state index contributed by atoms with van der Waals surface area (Å²) in [6.07, 6.45) is 4.38. The molecule has 1 aliphatic rings. The van der Waals surface area contributed by atoms with E-state index in [0.29, 0.717) is 35.1 Å². The third kappa shape index (κ3) is 4.47. The summed E-state index contributed by atoms with van der Waals surface area (Å²) in [7, 11) is 0. The molecule has 1 aliphatic heterocycles. The molecule has 2 aromatic carbocycles. The number of rotatable bonds is 8. The highest BCUT2D eigenvalue weighted by Gasteiger charge is 2.33. The lowest BCUT2D eigenvalue weighted by Gasteiger charge is -2.33. The van der Waals surface area contributed by atoms with Crippen LogP contribution in [0.15, 0.2) is 48.5 Å². The Hall–Kier alpha value is -2.96. The number of fused-ring (bicyclic) bond motifs is 1. The van der Waals surface area contributed by atoms with Crippen molar-refractivity contribution in [2.75, 3.05) is 6.54 Å². The molecule has 0 saturated carbocycles. The number of halogens is 1. The first-order chi connectivity index (χ1) is 15.5. The summed E-state index contributed by atoms with van der Waals surface area (Å²) < 4.78 is 1.87. The lowest BCUT2D eigenvalue weighted by Crippen LogP contribution is -2.42. The summed E-state index contributed by atoms with van der Waals surface area (Å²) in [5, 5.41) is 22.5.